The summed E-state index contributed by atoms with van der Waals surface area (Å²) in [7, 11) is 3.67. The van der Waals surface area contributed by atoms with Gasteiger partial charge in [0.15, 0.2) is 5.78 Å². The molecule has 192 valence electrons. The Morgan fingerprint density at radius 3 is 2.49 bits per heavy atom. The summed E-state index contributed by atoms with van der Waals surface area (Å²) in [5, 5.41) is 0. The molecule has 4 rings (SSSR count). The molecule has 3 fully saturated rings. The van der Waals surface area contributed by atoms with E-state index in [0.29, 0.717) is 17.5 Å². The molecule has 35 heavy (non-hydrogen) atoms. The van der Waals surface area contributed by atoms with Gasteiger partial charge in [-0.3, -0.25) is 14.4 Å². The number of ketones is 1. The molecule has 3 heterocycles. The molecule has 3 aliphatic heterocycles. The number of benzene rings is 1. The quantitative estimate of drug-likeness (QED) is 0.645. The van der Waals surface area contributed by atoms with Crippen molar-refractivity contribution in [2.45, 2.75) is 51.4 Å². The first kappa shape index (κ1) is 25.6. The fourth-order valence-electron chi connectivity index (χ4n) is 5.51. The van der Waals surface area contributed by atoms with Gasteiger partial charge in [0.2, 0.25) is 11.8 Å². The minimum absolute atomic E-state index is 0.0195. The summed E-state index contributed by atoms with van der Waals surface area (Å²) < 4.78 is 11.2. The number of carbonyl (C=O) groups is 3. The smallest absolute Gasteiger partial charge is 0.249 e. The fraction of sp³-hybridized carbons (Fsp3) is 0.654. The van der Waals surface area contributed by atoms with Crippen LogP contribution in [0.25, 0.3) is 0 Å². The fourth-order valence-corrected chi connectivity index (χ4v) is 5.51. The highest BCUT2D eigenvalue weighted by atomic mass is 16.5. The number of piperazine rings is 1. The molecule has 1 aromatic carbocycles. The zero-order valence-electron chi connectivity index (χ0n) is 21.5. The van der Waals surface area contributed by atoms with Crippen LogP contribution in [0.15, 0.2) is 18.2 Å². The second-order valence-corrected chi connectivity index (χ2v) is 11.2. The molecule has 9 heteroatoms. The zero-order valence-corrected chi connectivity index (χ0v) is 21.5. The van der Waals surface area contributed by atoms with Crippen molar-refractivity contribution in [1.29, 1.82) is 0 Å². The largest absolute Gasteiger partial charge is 0.377 e. The minimum Gasteiger partial charge on any atom is -0.377 e. The van der Waals surface area contributed by atoms with Gasteiger partial charge in [0.1, 0.15) is 24.9 Å². The number of anilines is 1. The van der Waals surface area contributed by atoms with Gasteiger partial charge in [-0.1, -0.05) is 20.8 Å². The maximum atomic E-state index is 14.2. The first-order valence-corrected chi connectivity index (χ1v) is 12.3. The normalized spacial score (nSPS) is 26.2. The molecule has 0 aromatic heterocycles. The van der Waals surface area contributed by atoms with E-state index < -0.39 is 24.0 Å². The molecular formula is C26H38N4O5. The van der Waals surface area contributed by atoms with E-state index in [0.717, 1.165) is 31.9 Å². The number of amides is 2. The molecule has 0 aliphatic carbocycles. The van der Waals surface area contributed by atoms with Crippen LogP contribution in [0, 0.1) is 5.41 Å². The number of primary amides is 1. The van der Waals surface area contributed by atoms with Gasteiger partial charge in [-0.2, -0.15) is 0 Å². The van der Waals surface area contributed by atoms with Crippen LogP contribution in [0.1, 0.15) is 49.0 Å². The predicted molar refractivity (Wildman–Crippen MR) is 133 cm³/mol. The minimum atomic E-state index is -0.659. The number of nitrogens with zero attached hydrogens (tertiary/aromatic N) is 3. The molecule has 0 unspecified atom stereocenters. The first-order valence-electron chi connectivity index (χ1n) is 12.3. The molecule has 2 amide bonds. The summed E-state index contributed by atoms with van der Waals surface area (Å²) in [5.41, 5.74) is 7.52. The van der Waals surface area contributed by atoms with Crippen molar-refractivity contribution in [2.75, 3.05) is 58.4 Å². The Kier molecular flexibility index (Phi) is 7.22. The molecule has 9 nitrogen and oxygen atoms in total. The van der Waals surface area contributed by atoms with E-state index in [9.17, 15) is 14.4 Å². The van der Waals surface area contributed by atoms with Gasteiger partial charge in [-0.25, -0.2) is 0 Å². The van der Waals surface area contributed by atoms with E-state index in [1.165, 1.54) is 0 Å². The van der Waals surface area contributed by atoms with Crippen molar-refractivity contribution in [3.05, 3.63) is 29.3 Å². The number of likely N-dealkylation sites (tertiary alicyclic amines) is 1. The lowest BCUT2D eigenvalue weighted by molar-refractivity contribution is -0.138. The number of likely N-dealkylation sites (N-methyl/N-ethyl adjacent to an activating group) is 1. The van der Waals surface area contributed by atoms with E-state index in [4.69, 9.17) is 15.2 Å². The molecule has 0 bridgehead atoms. The van der Waals surface area contributed by atoms with Crippen LogP contribution < -0.4 is 10.6 Å². The summed E-state index contributed by atoms with van der Waals surface area (Å²) in [6, 6.07) is 4.94. The number of hydrogen-bond donors (Lipinski definition) is 1. The van der Waals surface area contributed by atoms with Gasteiger partial charge in [-0.05, 0) is 42.6 Å². The third-order valence-corrected chi connectivity index (χ3v) is 7.38. The van der Waals surface area contributed by atoms with E-state index in [1.54, 1.807) is 18.1 Å². The second kappa shape index (κ2) is 9.87. The number of fused-ring (bicyclic) bond motifs is 1. The lowest BCUT2D eigenvalue weighted by atomic mass is 9.79. The monoisotopic (exact) mass is 486 g/mol. The van der Waals surface area contributed by atoms with Gasteiger partial charge < -0.3 is 29.9 Å². The molecule has 3 aliphatic rings. The molecule has 0 spiro atoms. The Bertz CT molecular complexity index is 982. The average molecular weight is 487 g/mol. The number of methoxy groups -OCH3 is 1. The standard InChI is InChI=1S/C26H38N4O5/c1-26(2,3)13-19(25(33)30-14-21(34-5)23-22(30)20(31)15-35-23)18-12-16(6-7-17(18)24(27)32)29-10-8-28(4)9-11-29/h6-7,12,19,21-23H,8-11,13-15H2,1-5H3,(H2,27,32)/t19-,21-,22+,23+/m0/s1. The van der Waals surface area contributed by atoms with Crippen molar-refractivity contribution in [2.24, 2.45) is 11.1 Å². The molecular weight excluding hydrogens is 448 g/mol. The Balaban J connectivity index is 1.74. The molecule has 0 radical (unpaired) electrons. The summed E-state index contributed by atoms with van der Waals surface area (Å²) in [4.78, 5) is 45.5. The lowest BCUT2D eigenvalue weighted by Crippen LogP contribution is -2.45. The van der Waals surface area contributed by atoms with Crippen LogP contribution in [0.4, 0.5) is 5.69 Å². The van der Waals surface area contributed by atoms with Gasteiger partial charge in [0, 0.05) is 44.5 Å². The maximum absolute atomic E-state index is 14.2. The van der Waals surface area contributed by atoms with Crippen LogP contribution in [0.3, 0.4) is 0 Å². The van der Waals surface area contributed by atoms with Gasteiger partial charge in [0.05, 0.1) is 12.5 Å². The van der Waals surface area contributed by atoms with Crippen LogP contribution in [0.5, 0.6) is 0 Å². The number of hydrogen-bond acceptors (Lipinski definition) is 7. The Labute approximate surface area is 207 Å². The third kappa shape index (κ3) is 5.22. The van der Waals surface area contributed by atoms with Crippen LogP contribution in [-0.4, -0.2) is 99.1 Å². The first-order chi connectivity index (χ1) is 16.5. The predicted octanol–water partition coefficient (Wildman–Crippen LogP) is 1.25. The van der Waals surface area contributed by atoms with E-state index >= 15 is 0 Å². The van der Waals surface area contributed by atoms with Gasteiger partial charge >= 0.3 is 0 Å². The SMILES string of the molecule is CO[C@H]1CN(C(=O)[C@@H](CC(C)(C)C)c2cc(N3CCN(C)CC3)ccc2C(N)=O)[C@@H]2C(=O)CO[C@H]12. The zero-order chi connectivity index (χ0) is 25.5. The number of nitrogens with two attached hydrogens (primary N) is 1. The number of rotatable bonds is 6. The summed E-state index contributed by atoms with van der Waals surface area (Å²) >= 11 is 0. The van der Waals surface area contributed by atoms with Gasteiger partial charge in [-0.15, -0.1) is 0 Å². The molecule has 2 N–H and O–H groups in total. The van der Waals surface area contributed by atoms with Crippen LogP contribution >= 0.6 is 0 Å². The van der Waals surface area contributed by atoms with E-state index in [2.05, 4.69) is 37.6 Å². The average Bonchev–Trinajstić information content (AvgIpc) is 3.37. The van der Waals surface area contributed by atoms with Gasteiger partial charge in [0.25, 0.3) is 0 Å². The maximum Gasteiger partial charge on any atom is 0.249 e. The molecule has 0 saturated carbocycles. The Hall–Kier alpha value is -2.49. The van der Waals surface area contributed by atoms with Crippen LogP contribution in [-0.2, 0) is 19.1 Å². The number of ether oxygens (including phenoxy) is 2. The summed E-state index contributed by atoms with van der Waals surface area (Å²) in [5.74, 6) is -1.49. The van der Waals surface area contributed by atoms with Crippen molar-refractivity contribution >= 4 is 23.3 Å². The summed E-state index contributed by atoms with van der Waals surface area (Å²) in [6.07, 6.45) is -0.323. The highest BCUT2D eigenvalue weighted by Crippen LogP contribution is 2.39. The molecule has 4 atom stereocenters. The van der Waals surface area contributed by atoms with Crippen molar-refractivity contribution in [3.8, 4) is 0 Å². The Morgan fingerprint density at radius 1 is 1.20 bits per heavy atom. The third-order valence-electron chi connectivity index (χ3n) is 7.38. The Morgan fingerprint density at radius 2 is 1.89 bits per heavy atom. The number of carbonyl (C=O) groups excluding carboxylic acids is 3. The van der Waals surface area contributed by atoms with E-state index in [-0.39, 0.29) is 36.4 Å². The van der Waals surface area contributed by atoms with E-state index in [1.807, 2.05) is 12.1 Å². The highest BCUT2D eigenvalue weighted by molar-refractivity contribution is 5.99. The molecule has 3 saturated heterocycles. The number of Topliss-reactive ketones (excluding diaryl/α,β-unsaturated/α-hetero) is 1. The molecule has 1 aromatic rings. The second-order valence-electron chi connectivity index (χ2n) is 11.2. The van der Waals surface area contributed by atoms with Crippen molar-refractivity contribution in [1.82, 2.24) is 9.80 Å². The lowest BCUT2D eigenvalue weighted by Gasteiger charge is -2.35. The summed E-state index contributed by atoms with van der Waals surface area (Å²) in [6.45, 7) is 10.1. The highest BCUT2D eigenvalue weighted by Gasteiger charge is 2.53. The van der Waals surface area contributed by atoms with Crippen molar-refractivity contribution < 1.29 is 23.9 Å². The van der Waals surface area contributed by atoms with Crippen LogP contribution in [0.2, 0.25) is 0 Å². The topological polar surface area (TPSA) is 105 Å². The van der Waals surface area contributed by atoms with Crippen molar-refractivity contribution in [3.63, 3.8) is 0 Å².